The van der Waals surface area contributed by atoms with Crippen molar-refractivity contribution in [2.45, 2.75) is 0 Å². The maximum atomic E-state index is 12.3. The predicted molar refractivity (Wildman–Crippen MR) is 86.4 cm³/mol. The summed E-state index contributed by atoms with van der Waals surface area (Å²) in [6.45, 7) is 0.868. The number of aromatic nitrogens is 2. The first-order valence-corrected chi connectivity index (χ1v) is 7.68. The number of hydrogen-bond donors (Lipinski definition) is 2. The van der Waals surface area contributed by atoms with Crippen LogP contribution in [0.15, 0.2) is 49.1 Å². The summed E-state index contributed by atoms with van der Waals surface area (Å²) in [6, 6.07) is 7.35. The molecule has 0 spiro atoms. The predicted octanol–water partition coefficient (Wildman–Crippen LogP) is 0.112. The van der Waals surface area contributed by atoms with Gasteiger partial charge in [-0.1, -0.05) is 0 Å². The third kappa shape index (κ3) is 2.51. The van der Waals surface area contributed by atoms with Crippen molar-refractivity contribution >= 4 is 23.2 Å². The summed E-state index contributed by atoms with van der Waals surface area (Å²) in [4.78, 5) is 32.8. The highest BCUT2D eigenvalue weighted by Gasteiger charge is 2.44. The standard InChI is InChI=1S/C16H16N6O2/c23-15-13(9-21(19-15)11-3-1-5-17-7-11)14-10-22(20-16(14)24)12-4-2-6-18-8-12/h1-8,13-14H,9-10H2,(H,19,23)(H,20,24). The van der Waals surface area contributed by atoms with E-state index in [1.807, 2.05) is 12.1 Å². The summed E-state index contributed by atoms with van der Waals surface area (Å²) in [6.07, 6.45) is 6.71. The molecule has 2 amide bonds. The molecule has 0 saturated carbocycles. The summed E-state index contributed by atoms with van der Waals surface area (Å²) >= 11 is 0. The Morgan fingerprint density at radius 2 is 1.29 bits per heavy atom. The van der Waals surface area contributed by atoms with Crippen LogP contribution in [0.3, 0.4) is 0 Å². The van der Waals surface area contributed by atoms with Crippen molar-refractivity contribution in [1.82, 2.24) is 20.8 Å². The Kier molecular flexibility index (Phi) is 3.49. The van der Waals surface area contributed by atoms with E-state index < -0.39 is 11.8 Å². The summed E-state index contributed by atoms with van der Waals surface area (Å²) < 4.78 is 0. The Morgan fingerprint density at radius 1 is 0.833 bits per heavy atom. The van der Waals surface area contributed by atoms with E-state index in [1.165, 1.54) is 0 Å². The van der Waals surface area contributed by atoms with Gasteiger partial charge in [0.25, 0.3) is 0 Å². The van der Waals surface area contributed by atoms with Gasteiger partial charge in [0.05, 0.1) is 48.7 Å². The number of amides is 2. The first-order valence-electron chi connectivity index (χ1n) is 7.68. The molecule has 4 heterocycles. The fourth-order valence-electron chi connectivity index (χ4n) is 3.07. The van der Waals surface area contributed by atoms with Gasteiger partial charge in [-0.2, -0.15) is 0 Å². The van der Waals surface area contributed by atoms with Gasteiger partial charge < -0.3 is 0 Å². The Labute approximate surface area is 138 Å². The van der Waals surface area contributed by atoms with E-state index in [2.05, 4.69) is 20.8 Å². The SMILES string of the molecule is O=C1NN(c2cccnc2)CC1C1CN(c2cccnc2)NC1=O. The van der Waals surface area contributed by atoms with Crippen LogP contribution in [0.5, 0.6) is 0 Å². The highest BCUT2D eigenvalue weighted by atomic mass is 16.2. The second kappa shape index (κ2) is 5.80. The molecule has 2 unspecified atom stereocenters. The van der Waals surface area contributed by atoms with Crippen LogP contribution in [0, 0.1) is 11.8 Å². The van der Waals surface area contributed by atoms with Gasteiger partial charge in [-0.05, 0) is 24.3 Å². The summed E-state index contributed by atoms with van der Waals surface area (Å²) in [5.74, 6) is -1.11. The molecular weight excluding hydrogens is 308 g/mol. The third-order valence-electron chi connectivity index (χ3n) is 4.32. The topological polar surface area (TPSA) is 90.5 Å². The molecule has 24 heavy (non-hydrogen) atoms. The maximum absolute atomic E-state index is 12.3. The van der Waals surface area contributed by atoms with Crippen molar-refractivity contribution in [1.29, 1.82) is 0 Å². The van der Waals surface area contributed by atoms with Crippen LogP contribution in [0.25, 0.3) is 0 Å². The number of carbonyl (C=O) groups is 2. The maximum Gasteiger partial charge on any atom is 0.244 e. The van der Waals surface area contributed by atoms with E-state index >= 15 is 0 Å². The van der Waals surface area contributed by atoms with Crippen molar-refractivity contribution < 1.29 is 9.59 Å². The number of hydrazine groups is 2. The lowest BCUT2D eigenvalue weighted by Gasteiger charge is -2.18. The quantitative estimate of drug-likeness (QED) is 0.833. The largest absolute Gasteiger partial charge is 0.283 e. The monoisotopic (exact) mass is 324 g/mol. The van der Waals surface area contributed by atoms with Crippen molar-refractivity contribution in [3.63, 3.8) is 0 Å². The number of nitrogens with zero attached hydrogens (tertiary/aromatic N) is 4. The lowest BCUT2D eigenvalue weighted by atomic mass is 9.92. The lowest BCUT2D eigenvalue weighted by molar-refractivity contribution is -0.130. The van der Waals surface area contributed by atoms with Gasteiger partial charge in [-0.15, -0.1) is 0 Å². The Balaban J connectivity index is 1.50. The number of nitrogens with one attached hydrogen (secondary N) is 2. The first kappa shape index (κ1) is 14.4. The minimum atomic E-state index is -0.410. The number of hydrogen-bond acceptors (Lipinski definition) is 6. The zero-order valence-electron chi connectivity index (χ0n) is 12.8. The molecule has 2 fully saturated rings. The molecule has 8 nitrogen and oxygen atoms in total. The number of rotatable bonds is 3. The van der Waals surface area contributed by atoms with Gasteiger partial charge in [0.1, 0.15) is 0 Å². The van der Waals surface area contributed by atoms with Crippen LogP contribution in [0.1, 0.15) is 0 Å². The van der Waals surface area contributed by atoms with Crippen LogP contribution in [-0.4, -0.2) is 34.9 Å². The zero-order valence-corrected chi connectivity index (χ0v) is 12.8. The molecule has 0 bridgehead atoms. The van der Waals surface area contributed by atoms with Gasteiger partial charge >= 0.3 is 0 Å². The number of anilines is 2. The molecular formula is C16H16N6O2. The minimum absolute atomic E-state index is 0.146. The van der Waals surface area contributed by atoms with E-state index in [0.29, 0.717) is 13.1 Å². The van der Waals surface area contributed by atoms with Crippen molar-refractivity contribution in [2.24, 2.45) is 11.8 Å². The van der Waals surface area contributed by atoms with E-state index in [4.69, 9.17) is 0 Å². The third-order valence-corrected chi connectivity index (χ3v) is 4.32. The summed E-state index contributed by atoms with van der Waals surface area (Å²) in [5, 5.41) is 3.47. The molecule has 122 valence electrons. The molecule has 2 atom stereocenters. The van der Waals surface area contributed by atoms with Crippen LogP contribution in [0.2, 0.25) is 0 Å². The smallest absolute Gasteiger partial charge is 0.244 e. The molecule has 2 aliphatic heterocycles. The number of carbonyl (C=O) groups excluding carboxylic acids is 2. The average molecular weight is 324 g/mol. The molecule has 8 heteroatoms. The Morgan fingerprint density at radius 3 is 1.67 bits per heavy atom. The van der Waals surface area contributed by atoms with Crippen LogP contribution in [-0.2, 0) is 9.59 Å². The average Bonchev–Trinajstić information content (AvgIpc) is 3.19. The molecule has 2 aliphatic rings. The number of pyridine rings is 2. The second-order valence-electron chi connectivity index (χ2n) is 5.81. The highest BCUT2D eigenvalue weighted by molar-refractivity contribution is 5.93. The molecule has 0 aliphatic carbocycles. The lowest BCUT2D eigenvalue weighted by Crippen LogP contribution is -2.33. The zero-order chi connectivity index (χ0) is 16.5. The van der Waals surface area contributed by atoms with E-state index in [9.17, 15) is 9.59 Å². The van der Waals surface area contributed by atoms with Gasteiger partial charge in [-0.25, -0.2) is 0 Å². The molecule has 2 aromatic heterocycles. The van der Waals surface area contributed by atoms with Crippen LogP contribution >= 0.6 is 0 Å². The van der Waals surface area contributed by atoms with E-state index in [-0.39, 0.29) is 11.8 Å². The molecule has 2 saturated heterocycles. The highest BCUT2D eigenvalue weighted by Crippen LogP contribution is 2.28. The first-order chi connectivity index (χ1) is 11.7. The normalized spacial score (nSPS) is 23.3. The van der Waals surface area contributed by atoms with Gasteiger partial charge in [0.15, 0.2) is 0 Å². The molecule has 4 rings (SSSR count). The Bertz CT molecular complexity index is 688. The van der Waals surface area contributed by atoms with Crippen LogP contribution in [0.4, 0.5) is 11.4 Å². The van der Waals surface area contributed by atoms with E-state index in [1.54, 1.807) is 46.9 Å². The molecule has 2 aromatic rings. The second-order valence-corrected chi connectivity index (χ2v) is 5.81. The Hall–Kier alpha value is -3.16. The van der Waals surface area contributed by atoms with Gasteiger partial charge in [-0.3, -0.25) is 40.4 Å². The van der Waals surface area contributed by atoms with E-state index in [0.717, 1.165) is 11.4 Å². The molecule has 0 aromatic carbocycles. The summed E-state index contributed by atoms with van der Waals surface area (Å²) in [5.41, 5.74) is 7.24. The summed E-state index contributed by atoms with van der Waals surface area (Å²) in [7, 11) is 0. The van der Waals surface area contributed by atoms with Gasteiger partial charge in [0, 0.05) is 12.4 Å². The van der Waals surface area contributed by atoms with Crippen molar-refractivity contribution in [3.05, 3.63) is 49.1 Å². The van der Waals surface area contributed by atoms with Crippen molar-refractivity contribution in [3.8, 4) is 0 Å². The van der Waals surface area contributed by atoms with Crippen molar-refractivity contribution in [2.75, 3.05) is 23.1 Å². The van der Waals surface area contributed by atoms with Gasteiger partial charge in [0.2, 0.25) is 11.8 Å². The molecule has 2 N–H and O–H groups in total. The minimum Gasteiger partial charge on any atom is -0.283 e. The fraction of sp³-hybridized carbons (Fsp3) is 0.250. The van der Waals surface area contributed by atoms with Crippen LogP contribution < -0.4 is 20.9 Å². The fourth-order valence-corrected chi connectivity index (χ4v) is 3.07. The molecule has 0 radical (unpaired) electrons.